The minimum atomic E-state index is -0.751. The molecule has 5 aromatic rings. The molecule has 234 valence electrons. The summed E-state index contributed by atoms with van der Waals surface area (Å²) in [5, 5.41) is 38.4. The minimum Gasteiger partial charge on any atom is -0.394 e. The van der Waals surface area contributed by atoms with Gasteiger partial charge >= 0.3 is 6.03 Å². The number of urea groups is 1. The van der Waals surface area contributed by atoms with E-state index in [-0.39, 0.29) is 12.5 Å². The van der Waals surface area contributed by atoms with Crippen molar-refractivity contribution in [1.82, 2.24) is 41.0 Å². The second-order valence-corrected chi connectivity index (χ2v) is 11.5. The number of carbonyl (C=O) groups is 2. The lowest BCUT2D eigenvalue weighted by atomic mass is 10.00. The molecule has 4 N–H and O–H groups in total. The van der Waals surface area contributed by atoms with Crippen molar-refractivity contribution in [3.8, 4) is 16.8 Å². The summed E-state index contributed by atoms with van der Waals surface area (Å²) in [4.78, 5) is 25.6. The molecule has 0 spiro atoms. The van der Waals surface area contributed by atoms with Crippen molar-refractivity contribution in [3.05, 3.63) is 119 Å². The van der Waals surface area contributed by atoms with E-state index in [0.29, 0.717) is 34.1 Å². The average Bonchev–Trinajstić information content (AvgIpc) is 3.59. The van der Waals surface area contributed by atoms with Gasteiger partial charge in [-0.15, -0.1) is 5.10 Å². The molecule has 0 aliphatic rings. The van der Waals surface area contributed by atoms with E-state index in [1.807, 2.05) is 48.5 Å². The first kappa shape index (κ1) is 31.9. The highest BCUT2D eigenvalue weighted by Crippen LogP contribution is 2.25. The van der Waals surface area contributed by atoms with Crippen LogP contribution in [0.4, 0.5) is 10.5 Å². The van der Waals surface area contributed by atoms with E-state index in [4.69, 9.17) is 11.6 Å². The molecule has 2 aromatic heterocycles. The summed E-state index contributed by atoms with van der Waals surface area (Å²) in [6, 6.07) is 23.2. The number of hydrogen-bond acceptors (Lipinski definition) is 8. The van der Waals surface area contributed by atoms with Crippen LogP contribution >= 0.6 is 11.6 Å². The maximum absolute atomic E-state index is 13.3. The van der Waals surface area contributed by atoms with E-state index in [9.17, 15) is 14.7 Å². The molecule has 0 saturated carbocycles. The van der Waals surface area contributed by atoms with Crippen molar-refractivity contribution in [2.45, 2.75) is 31.8 Å². The SMILES string of the molecule is CC(C)(CO)NC(=O)Nc1ccc(-c2cnnc([C@H](Cc3ccccc3)NC(=O)C=Cc3cc(Cl)ccc3-n3cnnn3)c2)cc1. The van der Waals surface area contributed by atoms with Gasteiger partial charge in [-0.1, -0.05) is 54.1 Å². The highest BCUT2D eigenvalue weighted by atomic mass is 35.5. The molecule has 46 heavy (non-hydrogen) atoms. The maximum atomic E-state index is 13.3. The fourth-order valence-electron chi connectivity index (χ4n) is 4.57. The maximum Gasteiger partial charge on any atom is 0.319 e. The molecule has 5 rings (SSSR count). The number of aromatic nitrogens is 6. The molecule has 0 radical (unpaired) electrons. The molecule has 2 heterocycles. The fourth-order valence-corrected chi connectivity index (χ4v) is 4.75. The van der Waals surface area contributed by atoms with Crippen LogP contribution < -0.4 is 16.0 Å². The van der Waals surface area contributed by atoms with Gasteiger partial charge in [-0.25, -0.2) is 4.79 Å². The van der Waals surface area contributed by atoms with Gasteiger partial charge in [0.25, 0.3) is 0 Å². The van der Waals surface area contributed by atoms with Crippen molar-refractivity contribution >= 4 is 35.3 Å². The smallest absolute Gasteiger partial charge is 0.319 e. The molecular formula is C33H32ClN9O3. The zero-order chi connectivity index (χ0) is 32.5. The summed E-state index contributed by atoms with van der Waals surface area (Å²) < 4.78 is 1.49. The van der Waals surface area contributed by atoms with Gasteiger partial charge in [0.05, 0.1) is 35.8 Å². The minimum absolute atomic E-state index is 0.191. The third-order valence-corrected chi connectivity index (χ3v) is 7.19. The topological polar surface area (TPSA) is 160 Å². The summed E-state index contributed by atoms with van der Waals surface area (Å²) in [6.07, 6.45) is 6.67. The standard InChI is InChI=1S/C33H32ClN9O3/c1-33(2,20-44)39-32(46)37-27-12-8-23(9-13-27)25-18-29(40-35-19-25)28(16-22-6-4-3-5-7-22)38-31(45)15-10-24-17-26(34)11-14-30(24)43-21-36-41-42-43/h3-15,17-19,21,28,44H,16,20H2,1-2H3,(H,38,45)(H2,37,39,46)/t28-/m0/s1. The van der Waals surface area contributed by atoms with Crippen LogP contribution in [0.2, 0.25) is 5.02 Å². The number of aliphatic hydroxyl groups is 1. The molecule has 0 bridgehead atoms. The molecular weight excluding hydrogens is 606 g/mol. The summed E-state index contributed by atoms with van der Waals surface area (Å²) in [6.45, 7) is 3.26. The number of nitrogens with zero attached hydrogens (tertiary/aromatic N) is 6. The highest BCUT2D eigenvalue weighted by molar-refractivity contribution is 6.30. The Morgan fingerprint density at radius 2 is 1.78 bits per heavy atom. The first-order chi connectivity index (χ1) is 22.2. The van der Waals surface area contributed by atoms with Crippen LogP contribution in [0.5, 0.6) is 0 Å². The fraction of sp³-hybridized carbons (Fsp3) is 0.182. The van der Waals surface area contributed by atoms with Crippen LogP contribution in [0.1, 0.15) is 36.7 Å². The molecule has 0 saturated heterocycles. The van der Waals surface area contributed by atoms with Crippen LogP contribution in [0.25, 0.3) is 22.9 Å². The third kappa shape index (κ3) is 8.58. The summed E-state index contributed by atoms with van der Waals surface area (Å²) in [5.41, 5.74) is 4.37. The summed E-state index contributed by atoms with van der Waals surface area (Å²) >= 11 is 6.23. The monoisotopic (exact) mass is 637 g/mol. The zero-order valence-electron chi connectivity index (χ0n) is 25.1. The van der Waals surface area contributed by atoms with Gasteiger partial charge in [-0.3, -0.25) is 4.79 Å². The molecule has 13 heteroatoms. The molecule has 3 amide bonds. The number of nitrogens with one attached hydrogen (secondary N) is 3. The van der Waals surface area contributed by atoms with Crippen LogP contribution in [0.15, 0.2) is 97.5 Å². The Kier molecular flexibility index (Phi) is 10.1. The van der Waals surface area contributed by atoms with Crippen molar-refractivity contribution < 1.29 is 14.7 Å². The van der Waals surface area contributed by atoms with E-state index in [1.165, 1.54) is 17.1 Å². The Morgan fingerprint density at radius 1 is 1.00 bits per heavy atom. The van der Waals surface area contributed by atoms with Crippen LogP contribution in [-0.2, 0) is 11.2 Å². The number of halogens is 1. The second-order valence-electron chi connectivity index (χ2n) is 11.1. The summed E-state index contributed by atoms with van der Waals surface area (Å²) in [5.74, 6) is -0.339. The van der Waals surface area contributed by atoms with Crippen molar-refractivity contribution in [2.75, 3.05) is 11.9 Å². The predicted molar refractivity (Wildman–Crippen MR) is 175 cm³/mol. The third-order valence-electron chi connectivity index (χ3n) is 6.95. The molecule has 1 atom stereocenters. The number of carbonyl (C=O) groups excluding carboxylic acids is 2. The lowest BCUT2D eigenvalue weighted by molar-refractivity contribution is -0.117. The van der Waals surface area contributed by atoms with Gasteiger partial charge in [0, 0.05) is 27.9 Å². The number of benzene rings is 3. The van der Waals surface area contributed by atoms with Gasteiger partial charge in [-0.05, 0) is 84.3 Å². The molecule has 12 nitrogen and oxygen atoms in total. The Bertz CT molecular complexity index is 1810. The number of rotatable bonds is 11. The van der Waals surface area contributed by atoms with E-state index >= 15 is 0 Å². The van der Waals surface area contributed by atoms with Crippen molar-refractivity contribution in [3.63, 3.8) is 0 Å². The molecule has 0 aliphatic carbocycles. The van der Waals surface area contributed by atoms with E-state index in [1.54, 1.807) is 56.5 Å². The van der Waals surface area contributed by atoms with Crippen LogP contribution in [0, 0.1) is 0 Å². The predicted octanol–water partition coefficient (Wildman–Crippen LogP) is 4.78. The molecule has 0 aliphatic heterocycles. The van der Waals surface area contributed by atoms with E-state index in [2.05, 4.69) is 41.7 Å². The van der Waals surface area contributed by atoms with Crippen LogP contribution in [-0.4, -0.2) is 59.6 Å². The number of anilines is 1. The molecule has 0 fully saturated rings. The van der Waals surface area contributed by atoms with Gasteiger partial charge in [0.2, 0.25) is 5.91 Å². The van der Waals surface area contributed by atoms with E-state index in [0.717, 1.165) is 16.7 Å². The Morgan fingerprint density at radius 3 is 2.50 bits per heavy atom. The van der Waals surface area contributed by atoms with Crippen molar-refractivity contribution in [1.29, 1.82) is 0 Å². The Balaban J connectivity index is 1.35. The number of tetrazole rings is 1. The Hall–Kier alpha value is -5.46. The van der Waals surface area contributed by atoms with Gasteiger partial charge in [0.1, 0.15) is 6.33 Å². The number of hydrogen-bond donors (Lipinski definition) is 4. The highest BCUT2D eigenvalue weighted by Gasteiger charge is 2.20. The average molecular weight is 638 g/mol. The van der Waals surface area contributed by atoms with Crippen molar-refractivity contribution in [2.24, 2.45) is 0 Å². The van der Waals surface area contributed by atoms with Gasteiger partial charge in [-0.2, -0.15) is 14.9 Å². The second kappa shape index (κ2) is 14.5. The van der Waals surface area contributed by atoms with Gasteiger partial charge < -0.3 is 21.1 Å². The molecule has 0 unspecified atom stereocenters. The van der Waals surface area contributed by atoms with Crippen LogP contribution in [0.3, 0.4) is 0 Å². The lowest BCUT2D eigenvalue weighted by Crippen LogP contribution is -2.48. The number of amides is 3. The first-order valence-electron chi connectivity index (χ1n) is 14.4. The summed E-state index contributed by atoms with van der Waals surface area (Å²) in [7, 11) is 0. The van der Waals surface area contributed by atoms with Gasteiger partial charge in [0.15, 0.2) is 0 Å². The molecule has 3 aromatic carbocycles. The lowest BCUT2D eigenvalue weighted by Gasteiger charge is -2.23. The largest absolute Gasteiger partial charge is 0.394 e. The number of aliphatic hydroxyl groups excluding tert-OH is 1. The first-order valence-corrected chi connectivity index (χ1v) is 14.8. The quantitative estimate of drug-likeness (QED) is 0.151. The normalized spacial score (nSPS) is 12.1. The Labute approximate surface area is 270 Å². The van der Waals surface area contributed by atoms with E-state index < -0.39 is 17.6 Å². The zero-order valence-corrected chi connectivity index (χ0v) is 25.9.